The highest BCUT2D eigenvalue weighted by atomic mass is 16.9. The molecular weight excluding hydrogens is 380 g/mol. The zero-order valence-corrected chi connectivity index (χ0v) is 20.5. The van der Waals surface area contributed by atoms with Gasteiger partial charge in [0.05, 0.1) is 19.8 Å². The smallest absolute Gasteiger partial charge is 0.282 e. The first-order chi connectivity index (χ1) is 14.7. The summed E-state index contributed by atoms with van der Waals surface area (Å²) in [6, 6.07) is 0. The molecule has 0 spiro atoms. The van der Waals surface area contributed by atoms with Crippen molar-refractivity contribution in [1.29, 1.82) is 0 Å². The molecule has 1 aliphatic heterocycles. The minimum atomic E-state index is -0.829. The molecule has 0 aromatic heterocycles. The summed E-state index contributed by atoms with van der Waals surface area (Å²) in [4.78, 5) is 0. The van der Waals surface area contributed by atoms with Crippen LogP contribution >= 0.6 is 0 Å². The predicted octanol–water partition coefficient (Wildman–Crippen LogP) is 6.48. The number of rotatable bonds is 22. The summed E-state index contributed by atoms with van der Waals surface area (Å²) in [6.07, 6.45) is 14.8. The van der Waals surface area contributed by atoms with E-state index in [0.29, 0.717) is 25.2 Å². The number of hydrogen-bond donors (Lipinski definition) is 0. The van der Waals surface area contributed by atoms with Crippen molar-refractivity contribution >= 4 is 0 Å². The number of unbranched alkanes of at least 4 members (excludes halogenated alkanes) is 9. The molecule has 1 aliphatic rings. The lowest BCUT2D eigenvalue weighted by atomic mass is 9.84. The molecule has 1 fully saturated rings. The topological polar surface area (TPSA) is 46.2 Å². The van der Waals surface area contributed by atoms with Gasteiger partial charge in [-0.05, 0) is 40.0 Å². The zero-order chi connectivity index (χ0) is 22.0. The molecular formula is C25H50O5. The van der Waals surface area contributed by atoms with Gasteiger partial charge in [0.15, 0.2) is 0 Å². The second-order valence-corrected chi connectivity index (χ2v) is 8.67. The summed E-state index contributed by atoms with van der Waals surface area (Å²) in [5.74, 6) is -0.829. The van der Waals surface area contributed by atoms with Crippen LogP contribution < -0.4 is 0 Å². The van der Waals surface area contributed by atoms with Gasteiger partial charge in [-0.15, -0.1) is 0 Å². The van der Waals surface area contributed by atoms with Gasteiger partial charge in [0, 0.05) is 38.3 Å². The van der Waals surface area contributed by atoms with Gasteiger partial charge in [-0.2, -0.15) is 0 Å². The Kier molecular flexibility index (Phi) is 16.1. The van der Waals surface area contributed by atoms with Gasteiger partial charge in [0.1, 0.15) is 0 Å². The Labute approximate surface area is 186 Å². The van der Waals surface area contributed by atoms with Crippen LogP contribution in [0.5, 0.6) is 0 Å². The van der Waals surface area contributed by atoms with E-state index < -0.39 is 5.97 Å². The van der Waals surface area contributed by atoms with Crippen molar-refractivity contribution < 1.29 is 23.7 Å². The van der Waals surface area contributed by atoms with Gasteiger partial charge in [0.25, 0.3) is 5.97 Å². The summed E-state index contributed by atoms with van der Waals surface area (Å²) in [6.45, 7) is 13.6. The maximum absolute atomic E-state index is 5.88. The van der Waals surface area contributed by atoms with Gasteiger partial charge in [-0.3, -0.25) is 0 Å². The molecule has 0 aromatic rings. The summed E-state index contributed by atoms with van der Waals surface area (Å²) >= 11 is 0. The Morgan fingerprint density at radius 2 is 1.13 bits per heavy atom. The first kappa shape index (κ1) is 27.8. The van der Waals surface area contributed by atoms with E-state index in [1.54, 1.807) is 0 Å². The lowest BCUT2D eigenvalue weighted by Crippen LogP contribution is -2.45. The minimum absolute atomic E-state index is 0.330. The Balaban J connectivity index is 1.89. The Hall–Kier alpha value is -0.200. The third-order valence-corrected chi connectivity index (χ3v) is 6.09. The van der Waals surface area contributed by atoms with Crippen molar-refractivity contribution in [3.8, 4) is 0 Å². The van der Waals surface area contributed by atoms with E-state index in [9.17, 15) is 0 Å². The fourth-order valence-electron chi connectivity index (χ4n) is 4.03. The van der Waals surface area contributed by atoms with Crippen molar-refractivity contribution in [3.63, 3.8) is 0 Å². The van der Waals surface area contributed by atoms with Crippen LogP contribution in [0.3, 0.4) is 0 Å². The molecule has 0 amide bonds. The van der Waals surface area contributed by atoms with Crippen LogP contribution in [0, 0.1) is 5.41 Å². The molecule has 30 heavy (non-hydrogen) atoms. The van der Waals surface area contributed by atoms with E-state index in [1.807, 2.05) is 20.8 Å². The van der Waals surface area contributed by atoms with Gasteiger partial charge >= 0.3 is 0 Å². The van der Waals surface area contributed by atoms with Crippen LogP contribution in [0.1, 0.15) is 105 Å². The Bertz CT molecular complexity index is 361. The highest BCUT2D eigenvalue weighted by molar-refractivity contribution is 4.83. The van der Waals surface area contributed by atoms with E-state index in [4.69, 9.17) is 23.7 Å². The molecule has 0 N–H and O–H groups in total. The summed E-state index contributed by atoms with van der Waals surface area (Å²) in [7, 11) is 0. The molecule has 1 heterocycles. The van der Waals surface area contributed by atoms with E-state index in [2.05, 4.69) is 6.92 Å². The lowest BCUT2D eigenvalue weighted by molar-refractivity contribution is -0.380. The predicted molar refractivity (Wildman–Crippen MR) is 123 cm³/mol. The van der Waals surface area contributed by atoms with Crippen molar-refractivity contribution in [2.24, 2.45) is 5.41 Å². The van der Waals surface area contributed by atoms with Crippen LogP contribution in [0.15, 0.2) is 0 Å². The maximum atomic E-state index is 5.88. The maximum Gasteiger partial charge on any atom is 0.282 e. The quantitative estimate of drug-likeness (QED) is 0.145. The molecule has 5 heteroatoms. The lowest BCUT2D eigenvalue weighted by Gasteiger charge is -2.40. The minimum Gasteiger partial charge on any atom is -0.381 e. The van der Waals surface area contributed by atoms with Gasteiger partial charge in [-0.25, -0.2) is 0 Å². The molecule has 180 valence electrons. The summed E-state index contributed by atoms with van der Waals surface area (Å²) in [5, 5.41) is 0. The fourth-order valence-corrected chi connectivity index (χ4v) is 4.03. The molecule has 0 radical (unpaired) electrons. The van der Waals surface area contributed by atoms with E-state index in [-0.39, 0.29) is 0 Å². The Morgan fingerprint density at radius 3 is 1.53 bits per heavy atom. The Morgan fingerprint density at radius 1 is 0.667 bits per heavy atom. The molecule has 1 saturated heterocycles. The van der Waals surface area contributed by atoms with E-state index >= 15 is 0 Å². The van der Waals surface area contributed by atoms with Crippen molar-refractivity contribution in [3.05, 3.63) is 0 Å². The average molecular weight is 431 g/mol. The first-order valence-corrected chi connectivity index (χ1v) is 12.7. The van der Waals surface area contributed by atoms with Gasteiger partial charge in [0.2, 0.25) is 0 Å². The average Bonchev–Trinajstić information content (AvgIpc) is 2.70. The van der Waals surface area contributed by atoms with Gasteiger partial charge in [-0.1, -0.05) is 58.3 Å². The SMILES string of the molecule is CCOC(CCCCCCCCCCCCOCC1(CC)COC1)(OCC)OCC. The van der Waals surface area contributed by atoms with Crippen molar-refractivity contribution in [1.82, 2.24) is 0 Å². The summed E-state index contributed by atoms with van der Waals surface area (Å²) in [5.41, 5.74) is 0.330. The second kappa shape index (κ2) is 17.4. The van der Waals surface area contributed by atoms with Crippen LogP contribution in [-0.4, -0.2) is 52.2 Å². The highest BCUT2D eigenvalue weighted by Gasteiger charge is 2.36. The zero-order valence-electron chi connectivity index (χ0n) is 20.5. The molecule has 0 bridgehead atoms. The third kappa shape index (κ3) is 11.4. The van der Waals surface area contributed by atoms with Crippen molar-refractivity contribution in [2.75, 3.05) is 46.2 Å². The van der Waals surface area contributed by atoms with Gasteiger partial charge < -0.3 is 23.7 Å². The molecule has 1 rings (SSSR count). The molecule has 0 aliphatic carbocycles. The van der Waals surface area contributed by atoms with E-state index in [0.717, 1.165) is 39.3 Å². The van der Waals surface area contributed by atoms with Crippen LogP contribution in [-0.2, 0) is 23.7 Å². The standard InChI is InChI=1S/C25H50O5/c1-5-24(22-27-23-24)21-26-20-18-16-14-12-10-9-11-13-15-17-19-25(28-6-2,29-7-3)30-8-4/h5-23H2,1-4H3. The normalized spacial score (nSPS) is 16.0. The number of ether oxygens (including phenoxy) is 5. The molecule has 0 unspecified atom stereocenters. The fraction of sp³-hybridized carbons (Fsp3) is 1.00. The molecule has 5 nitrogen and oxygen atoms in total. The largest absolute Gasteiger partial charge is 0.381 e. The van der Waals surface area contributed by atoms with Crippen molar-refractivity contribution in [2.45, 2.75) is 111 Å². The van der Waals surface area contributed by atoms with Crippen LogP contribution in [0.4, 0.5) is 0 Å². The second-order valence-electron chi connectivity index (χ2n) is 8.67. The third-order valence-electron chi connectivity index (χ3n) is 6.09. The molecule has 0 aromatic carbocycles. The van der Waals surface area contributed by atoms with Crippen LogP contribution in [0.2, 0.25) is 0 Å². The van der Waals surface area contributed by atoms with E-state index in [1.165, 1.54) is 64.2 Å². The highest BCUT2D eigenvalue weighted by Crippen LogP contribution is 2.31. The molecule has 0 atom stereocenters. The first-order valence-electron chi connectivity index (χ1n) is 12.7. The number of hydrogen-bond acceptors (Lipinski definition) is 5. The summed E-state index contributed by atoms with van der Waals surface area (Å²) < 4.78 is 28.6. The van der Waals surface area contributed by atoms with Crippen LogP contribution in [0.25, 0.3) is 0 Å². The monoisotopic (exact) mass is 430 g/mol. The molecule has 0 saturated carbocycles.